The summed E-state index contributed by atoms with van der Waals surface area (Å²) < 4.78 is 11.9. The molecule has 0 spiro atoms. The third-order valence-electron chi connectivity index (χ3n) is 10.5. The maximum atomic E-state index is 12.9. The number of amides is 1. The van der Waals surface area contributed by atoms with Crippen LogP contribution in [-0.2, 0) is 14.3 Å². The number of hydrogen-bond acceptors (Lipinski definition) is 5. The molecule has 0 radical (unpaired) electrons. The second kappa shape index (κ2) is 11.4. The first kappa shape index (κ1) is 27.9. The summed E-state index contributed by atoms with van der Waals surface area (Å²) in [6, 6.07) is 7.99. The highest BCUT2D eigenvalue weighted by Gasteiger charge is 2.61. The number of piperidine rings is 1. The summed E-state index contributed by atoms with van der Waals surface area (Å²) in [5.41, 5.74) is 1.25. The predicted molar refractivity (Wildman–Crippen MR) is 151 cm³/mol. The average Bonchev–Trinajstić information content (AvgIpc) is 3.24. The Kier molecular flexibility index (Phi) is 8.40. The number of halogens is 2. The molecule has 0 unspecified atom stereocenters. The number of benzene rings is 1. The van der Waals surface area contributed by atoms with Gasteiger partial charge in [-0.2, -0.15) is 0 Å². The molecule has 3 saturated carbocycles. The number of alkyl halides is 2. The van der Waals surface area contributed by atoms with Crippen LogP contribution in [0.3, 0.4) is 0 Å². The van der Waals surface area contributed by atoms with E-state index in [0.29, 0.717) is 47.7 Å². The van der Waals surface area contributed by atoms with Crippen LogP contribution in [0.1, 0.15) is 65.2 Å². The van der Waals surface area contributed by atoms with Gasteiger partial charge in [-0.15, -0.1) is 23.2 Å². The lowest BCUT2D eigenvalue weighted by Crippen LogP contribution is -2.61. The molecular formula is C30H42Cl2N2O4. The summed E-state index contributed by atoms with van der Waals surface area (Å²) in [6.45, 7) is 6.12. The number of fused-ring (bicyclic) bond motifs is 5. The van der Waals surface area contributed by atoms with E-state index in [9.17, 15) is 9.59 Å². The lowest BCUT2D eigenvalue weighted by atomic mass is 9.47. The van der Waals surface area contributed by atoms with Gasteiger partial charge in [-0.1, -0.05) is 13.8 Å². The lowest BCUT2D eigenvalue weighted by molar-refractivity contribution is -0.164. The number of ether oxygens (including phenoxy) is 2. The molecule has 1 aromatic carbocycles. The molecule has 1 saturated heterocycles. The fraction of sp³-hybridized carbons (Fsp3) is 0.733. The minimum atomic E-state index is -0.292. The van der Waals surface area contributed by atoms with E-state index in [4.69, 9.17) is 32.7 Å². The summed E-state index contributed by atoms with van der Waals surface area (Å²) in [5, 5.41) is 3.31. The number of nitrogens with zero attached hydrogens (tertiary/aromatic N) is 1. The van der Waals surface area contributed by atoms with Gasteiger partial charge in [0.2, 0.25) is 5.91 Å². The molecule has 1 aromatic rings. The van der Waals surface area contributed by atoms with Crippen LogP contribution in [-0.4, -0.2) is 55.5 Å². The van der Waals surface area contributed by atoms with Crippen molar-refractivity contribution in [1.82, 2.24) is 5.32 Å². The van der Waals surface area contributed by atoms with Crippen molar-refractivity contribution in [2.45, 2.75) is 77.4 Å². The SMILES string of the molecule is C[C@@]12CC[C@H]3[C@@H](CC[C@@H]4NC(=O)CC[C@]43C)[C@H]1CC[C@@H]2OC(=O)COc1ccc(N(CCCl)CCCl)cc1. The fourth-order valence-corrected chi connectivity index (χ4v) is 8.92. The Balaban J connectivity index is 1.16. The highest BCUT2D eigenvalue weighted by molar-refractivity contribution is 6.18. The van der Waals surface area contributed by atoms with Crippen LogP contribution in [0.5, 0.6) is 5.75 Å². The number of nitrogens with one attached hydrogen (secondary N) is 1. The molecule has 1 N–H and O–H groups in total. The van der Waals surface area contributed by atoms with E-state index < -0.39 is 0 Å². The molecule has 0 bridgehead atoms. The Labute approximate surface area is 237 Å². The molecule has 4 aliphatic rings. The highest BCUT2D eigenvalue weighted by atomic mass is 35.5. The Morgan fingerprint density at radius 3 is 2.39 bits per heavy atom. The van der Waals surface area contributed by atoms with Crippen molar-refractivity contribution < 1.29 is 19.1 Å². The lowest BCUT2D eigenvalue weighted by Gasteiger charge is -2.60. The van der Waals surface area contributed by atoms with Crippen molar-refractivity contribution >= 4 is 40.8 Å². The van der Waals surface area contributed by atoms with E-state index in [1.54, 1.807) is 0 Å². The molecule has 0 aromatic heterocycles. The van der Waals surface area contributed by atoms with Crippen molar-refractivity contribution in [2.75, 3.05) is 36.4 Å². The van der Waals surface area contributed by atoms with Gasteiger partial charge in [0.25, 0.3) is 0 Å². The molecule has 1 heterocycles. The zero-order valence-corrected chi connectivity index (χ0v) is 24.2. The molecule has 1 aliphatic heterocycles. The minimum Gasteiger partial charge on any atom is -0.482 e. The quantitative estimate of drug-likeness (QED) is 0.304. The molecule has 38 heavy (non-hydrogen) atoms. The highest BCUT2D eigenvalue weighted by Crippen LogP contribution is 2.64. The van der Waals surface area contributed by atoms with Crippen molar-refractivity contribution in [3.05, 3.63) is 24.3 Å². The summed E-state index contributed by atoms with van der Waals surface area (Å²) in [4.78, 5) is 27.0. The largest absolute Gasteiger partial charge is 0.482 e. The number of anilines is 1. The number of hydrogen-bond donors (Lipinski definition) is 1. The number of rotatable bonds is 9. The molecule has 3 aliphatic carbocycles. The zero-order chi connectivity index (χ0) is 26.9. The number of carbonyl (C=O) groups excluding carboxylic acids is 2. The second-order valence-corrected chi connectivity index (χ2v) is 13.1. The summed E-state index contributed by atoms with van der Waals surface area (Å²) in [6.07, 6.45) is 8.12. The van der Waals surface area contributed by atoms with Crippen molar-refractivity contribution in [3.8, 4) is 5.75 Å². The van der Waals surface area contributed by atoms with Gasteiger partial charge in [-0.05, 0) is 92.4 Å². The van der Waals surface area contributed by atoms with Crippen LogP contribution >= 0.6 is 23.2 Å². The Bertz CT molecular complexity index is 1000. The normalized spacial score (nSPS) is 35.9. The Hall–Kier alpha value is -1.66. The van der Waals surface area contributed by atoms with Crippen LogP contribution in [0, 0.1) is 28.6 Å². The van der Waals surface area contributed by atoms with Gasteiger partial charge in [0.05, 0.1) is 0 Å². The van der Waals surface area contributed by atoms with Crippen molar-refractivity contribution in [2.24, 2.45) is 28.6 Å². The van der Waals surface area contributed by atoms with Crippen LogP contribution in [0.4, 0.5) is 5.69 Å². The van der Waals surface area contributed by atoms with Gasteiger partial charge >= 0.3 is 5.97 Å². The van der Waals surface area contributed by atoms with Crippen molar-refractivity contribution in [1.29, 1.82) is 0 Å². The van der Waals surface area contributed by atoms with E-state index in [2.05, 4.69) is 24.1 Å². The second-order valence-electron chi connectivity index (χ2n) is 12.3. The first-order chi connectivity index (χ1) is 18.3. The minimum absolute atomic E-state index is 0.0217. The predicted octanol–water partition coefficient (Wildman–Crippen LogP) is 5.78. The zero-order valence-electron chi connectivity index (χ0n) is 22.7. The average molecular weight is 566 g/mol. The molecule has 210 valence electrons. The number of esters is 1. The molecule has 6 nitrogen and oxygen atoms in total. The molecule has 4 fully saturated rings. The maximum absolute atomic E-state index is 12.9. The number of carbonyl (C=O) groups is 2. The van der Waals surface area contributed by atoms with E-state index in [-0.39, 0.29) is 35.4 Å². The first-order valence-electron chi connectivity index (χ1n) is 14.4. The maximum Gasteiger partial charge on any atom is 0.344 e. The molecular weight excluding hydrogens is 523 g/mol. The standard InChI is InChI=1S/C30H42Cl2N2O4/c1-29-14-12-27(35)33-25(29)9-7-22-23-8-10-26(30(23,2)13-11-24(22)29)38-28(36)19-37-21-5-3-20(4-6-21)34(17-15-31)18-16-32/h3-6,22-26H,7-19H2,1-2H3,(H,33,35)/t22-,23+,24-,25-,26-,29-,30+/m0/s1. The fourth-order valence-electron chi connectivity index (χ4n) is 8.51. The van der Waals surface area contributed by atoms with Crippen LogP contribution < -0.4 is 15.0 Å². The smallest absolute Gasteiger partial charge is 0.344 e. The monoisotopic (exact) mass is 564 g/mol. The van der Waals surface area contributed by atoms with Crippen LogP contribution in [0.2, 0.25) is 0 Å². The molecule has 7 atom stereocenters. The third kappa shape index (κ3) is 5.24. The van der Waals surface area contributed by atoms with Crippen molar-refractivity contribution in [3.63, 3.8) is 0 Å². The summed E-state index contributed by atoms with van der Waals surface area (Å²) in [5.74, 6) is 3.50. The van der Waals surface area contributed by atoms with E-state index >= 15 is 0 Å². The van der Waals surface area contributed by atoms with E-state index in [1.165, 1.54) is 6.42 Å². The van der Waals surface area contributed by atoms with Crippen LogP contribution in [0.15, 0.2) is 24.3 Å². The van der Waals surface area contributed by atoms with Gasteiger partial charge in [0.15, 0.2) is 6.61 Å². The Morgan fingerprint density at radius 1 is 0.974 bits per heavy atom. The van der Waals surface area contributed by atoms with Gasteiger partial charge in [-0.3, -0.25) is 4.79 Å². The molecule has 8 heteroatoms. The summed E-state index contributed by atoms with van der Waals surface area (Å²) >= 11 is 11.8. The van der Waals surface area contributed by atoms with Gasteiger partial charge in [-0.25, -0.2) is 4.79 Å². The summed E-state index contributed by atoms with van der Waals surface area (Å²) in [7, 11) is 0. The Morgan fingerprint density at radius 2 is 1.68 bits per heavy atom. The van der Waals surface area contributed by atoms with Gasteiger partial charge in [0.1, 0.15) is 11.9 Å². The topological polar surface area (TPSA) is 67.9 Å². The first-order valence-corrected chi connectivity index (χ1v) is 15.4. The van der Waals surface area contributed by atoms with E-state index in [0.717, 1.165) is 57.3 Å². The van der Waals surface area contributed by atoms with Gasteiger partial charge in [0, 0.05) is 48.4 Å². The van der Waals surface area contributed by atoms with Crippen LogP contribution in [0.25, 0.3) is 0 Å². The van der Waals surface area contributed by atoms with E-state index in [1.807, 2.05) is 24.3 Å². The van der Waals surface area contributed by atoms with Gasteiger partial charge < -0.3 is 19.7 Å². The molecule has 5 rings (SSSR count). The third-order valence-corrected chi connectivity index (χ3v) is 10.9. The molecule has 1 amide bonds.